The molecular formula is C45H74NO10P. The molecule has 1 unspecified atom stereocenters. The molecule has 4 atom stereocenters. The highest BCUT2D eigenvalue weighted by Crippen LogP contribution is 2.43. The molecule has 0 heterocycles. The van der Waals surface area contributed by atoms with E-state index in [9.17, 15) is 29.3 Å². The van der Waals surface area contributed by atoms with Gasteiger partial charge in [-0.25, -0.2) is 4.57 Å². The molecule has 12 heteroatoms. The number of aliphatic hydroxyl groups is 2. The van der Waals surface area contributed by atoms with E-state index in [1.807, 2.05) is 30.4 Å². The first-order valence-corrected chi connectivity index (χ1v) is 22.4. The number of allylic oxidation sites excluding steroid dienone is 14. The van der Waals surface area contributed by atoms with Crippen molar-refractivity contribution in [2.24, 2.45) is 5.73 Å². The maximum atomic E-state index is 12.6. The number of carbonyl (C=O) groups excluding carboxylic acids is 2. The third kappa shape index (κ3) is 39.5. The molecule has 0 amide bonds. The lowest BCUT2D eigenvalue weighted by atomic mass is 10.1. The average molecular weight is 820 g/mol. The van der Waals surface area contributed by atoms with E-state index in [0.717, 1.165) is 77.0 Å². The highest BCUT2D eigenvalue weighted by Gasteiger charge is 2.26. The second kappa shape index (κ2) is 39.7. The first-order chi connectivity index (χ1) is 27.6. The minimum atomic E-state index is -4.45. The van der Waals surface area contributed by atoms with E-state index >= 15 is 0 Å². The SMILES string of the molecule is CC/C=C\C/C=C\C/C=C\C/C=C\CCCCCCC(=O)OC[C@H](COP(=O)(O)OCCN)OC(=O)CCC[C@H](O)/C=C/C=C\C/C=C\C=C\[C@H](O)CCCCC. The van der Waals surface area contributed by atoms with E-state index in [-0.39, 0.29) is 32.6 Å². The Labute approximate surface area is 343 Å². The van der Waals surface area contributed by atoms with Crippen molar-refractivity contribution in [2.45, 2.75) is 148 Å². The van der Waals surface area contributed by atoms with Crippen LogP contribution in [0.1, 0.15) is 129 Å². The summed E-state index contributed by atoms with van der Waals surface area (Å²) in [6.07, 6.45) is 43.6. The van der Waals surface area contributed by atoms with Crippen molar-refractivity contribution < 1.29 is 47.8 Å². The minimum Gasteiger partial charge on any atom is -0.462 e. The molecular weight excluding hydrogens is 745 g/mol. The van der Waals surface area contributed by atoms with Crippen molar-refractivity contribution in [3.05, 3.63) is 97.2 Å². The molecule has 0 aromatic carbocycles. The molecule has 0 aromatic heterocycles. The number of ether oxygens (including phenoxy) is 2. The average Bonchev–Trinajstić information content (AvgIpc) is 3.18. The van der Waals surface area contributed by atoms with E-state index in [1.54, 1.807) is 18.2 Å². The minimum absolute atomic E-state index is 0.00660. The van der Waals surface area contributed by atoms with Crippen LogP contribution in [0.4, 0.5) is 0 Å². The van der Waals surface area contributed by atoms with Crippen molar-refractivity contribution in [1.82, 2.24) is 0 Å². The van der Waals surface area contributed by atoms with Crippen LogP contribution in [0.25, 0.3) is 0 Å². The van der Waals surface area contributed by atoms with Gasteiger partial charge >= 0.3 is 19.8 Å². The van der Waals surface area contributed by atoms with Gasteiger partial charge in [0.25, 0.3) is 0 Å². The Morgan fingerprint density at radius 3 is 1.81 bits per heavy atom. The smallest absolute Gasteiger partial charge is 0.462 e. The molecule has 0 saturated heterocycles. The molecule has 324 valence electrons. The molecule has 0 aromatic rings. The van der Waals surface area contributed by atoms with Gasteiger partial charge in [0.2, 0.25) is 0 Å². The summed E-state index contributed by atoms with van der Waals surface area (Å²) in [7, 11) is -4.45. The number of carbonyl (C=O) groups is 2. The monoisotopic (exact) mass is 820 g/mol. The third-order valence-corrected chi connectivity index (χ3v) is 9.15. The van der Waals surface area contributed by atoms with Gasteiger partial charge in [-0.15, -0.1) is 0 Å². The van der Waals surface area contributed by atoms with E-state index < -0.39 is 44.7 Å². The molecule has 11 nitrogen and oxygen atoms in total. The van der Waals surface area contributed by atoms with Crippen LogP contribution in [0.15, 0.2) is 97.2 Å². The predicted molar refractivity (Wildman–Crippen MR) is 231 cm³/mol. The Bertz CT molecular complexity index is 1290. The van der Waals surface area contributed by atoms with Gasteiger partial charge in [-0.05, 0) is 70.6 Å². The van der Waals surface area contributed by atoms with Gasteiger partial charge in [0.1, 0.15) is 6.61 Å². The molecule has 5 N–H and O–H groups in total. The van der Waals surface area contributed by atoms with E-state index in [2.05, 4.69) is 62.5 Å². The fourth-order valence-corrected chi connectivity index (χ4v) is 5.78. The normalized spacial score (nSPS) is 15.4. The van der Waals surface area contributed by atoms with Crippen LogP contribution in [-0.2, 0) is 32.7 Å². The summed E-state index contributed by atoms with van der Waals surface area (Å²) in [5, 5.41) is 20.2. The number of phosphoric ester groups is 1. The number of aliphatic hydroxyl groups excluding tert-OH is 2. The Morgan fingerprint density at radius 1 is 0.632 bits per heavy atom. The summed E-state index contributed by atoms with van der Waals surface area (Å²) >= 11 is 0. The zero-order valence-corrected chi connectivity index (χ0v) is 35.6. The van der Waals surface area contributed by atoms with E-state index in [1.165, 1.54) is 0 Å². The van der Waals surface area contributed by atoms with Gasteiger partial charge in [-0.3, -0.25) is 18.6 Å². The second-order valence-corrected chi connectivity index (χ2v) is 15.0. The zero-order valence-electron chi connectivity index (χ0n) is 34.7. The first-order valence-electron chi connectivity index (χ1n) is 20.9. The number of esters is 2. The first kappa shape index (κ1) is 53.9. The maximum Gasteiger partial charge on any atom is 0.472 e. The molecule has 0 rings (SSSR count). The number of phosphoric acid groups is 1. The number of rotatable bonds is 37. The molecule has 0 radical (unpaired) electrons. The van der Waals surface area contributed by atoms with Gasteiger partial charge < -0.3 is 30.3 Å². The lowest BCUT2D eigenvalue weighted by Gasteiger charge is -2.20. The highest BCUT2D eigenvalue weighted by molar-refractivity contribution is 7.47. The van der Waals surface area contributed by atoms with E-state index in [4.69, 9.17) is 24.3 Å². The van der Waals surface area contributed by atoms with Crippen LogP contribution in [0.5, 0.6) is 0 Å². The summed E-state index contributed by atoms with van der Waals surface area (Å²) in [5.41, 5.74) is 5.32. The molecule has 0 spiro atoms. The van der Waals surface area contributed by atoms with Crippen molar-refractivity contribution in [3.8, 4) is 0 Å². The number of nitrogens with two attached hydrogens (primary N) is 1. The fourth-order valence-electron chi connectivity index (χ4n) is 5.01. The zero-order chi connectivity index (χ0) is 42.1. The molecule has 0 aliphatic rings. The summed E-state index contributed by atoms with van der Waals surface area (Å²) in [4.78, 5) is 34.9. The Morgan fingerprint density at radius 2 is 1.19 bits per heavy atom. The Balaban J connectivity index is 4.49. The van der Waals surface area contributed by atoms with Crippen molar-refractivity contribution in [3.63, 3.8) is 0 Å². The summed E-state index contributed by atoms with van der Waals surface area (Å²) in [6, 6.07) is 0. The van der Waals surface area contributed by atoms with Crippen molar-refractivity contribution in [1.29, 1.82) is 0 Å². The van der Waals surface area contributed by atoms with Gasteiger partial charge in [0, 0.05) is 19.4 Å². The number of unbranched alkanes of at least 4 members (excludes halogenated alkanes) is 6. The largest absolute Gasteiger partial charge is 0.472 e. The fraction of sp³-hybridized carbons (Fsp3) is 0.600. The lowest BCUT2D eigenvalue weighted by Crippen LogP contribution is -2.29. The summed E-state index contributed by atoms with van der Waals surface area (Å²) in [6.45, 7) is 3.19. The topological polar surface area (TPSA) is 175 Å². The number of hydrogen-bond acceptors (Lipinski definition) is 10. The maximum absolute atomic E-state index is 12.6. The van der Waals surface area contributed by atoms with Crippen LogP contribution in [0.3, 0.4) is 0 Å². The van der Waals surface area contributed by atoms with Gasteiger partial charge in [0.05, 0.1) is 25.4 Å². The van der Waals surface area contributed by atoms with Crippen LogP contribution < -0.4 is 5.73 Å². The summed E-state index contributed by atoms with van der Waals surface area (Å²) in [5.74, 6) is -1.10. The second-order valence-electron chi connectivity index (χ2n) is 13.5. The van der Waals surface area contributed by atoms with Crippen LogP contribution >= 0.6 is 7.82 Å². The molecule has 0 saturated carbocycles. The van der Waals surface area contributed by atoms with Crippen LogP contribution in [-0.4, -0.2) is 71.7 Å². The molecule has 0 fully saturated rings. The lowest BCUT2D eigenvalue weighted by molar-refractivity contribution is -0.161. The molecule has 57 heavy (non-hydrogen) atoms. The van der Waals surface area contributed by atoms with Gasteiger partial charge in [-0.1, -0.05) is 143 Å². The third-order valence-electron chi connectivity index (χ3n) is 8.16. The number of hydrogen-bond donors (Lipinski definition) is 4. The molecule has 0 aliphatic carbocycles. The van der Waals surface area contributed by atoms with Gasteiger partial charge in [-0.2, -0.15) is 0 Å². The Kier molecular flexibility index (Phi) is 37.5. The molecule has 0 bridgehead atoms. The molecule has 0 aliphatic heterocycles. The van der Waals surface area contributed by atoms with Gasteiger partial charge in [0.15, 0.2) is 6.10 Å². The quantitative estimate of drug-likeness (QED) is 0.0154. The summed E-state index contributed by atoms with van der Waals surface area (Å²) < 4.78 is 32.5. The van der Waals surface area contributed by atoms with Crippen molar-refractivity contribution >= 4 is 19.8 Å². The van der Waals surface area contributed by atoms with Crippen LogP contribution in [0, 0.1) is 0 Å². The standard InChI is InChI=1S/C45H74NO10P/c1-3-5-7-8-9-10-11-12-13-14-15-16-17-18-22-25-29-35-44(49)53-39-43(40-55-57(51,52)54-38-37-46)56-45(50)36-30-34-42(48)33-28-24-21-19-20-23-27-32-41(47)31-26-6-4-2/h5,7,9-10,12-13,15-16,20-21,23-24,27-28,32-33,41-43,47-48H,3-4,6,8,11,14,17-19,22,25-26,29-31,34-40,46H2,1-2H3,(H,51,52)/b7-5-,10-9-,13-12-,16-15-,23-20-,24-21-,32-27+,33-28+/t41-,42-,43-/m1/s1. The van der Waals surface area contributed by atoms with E-state index in [0.29, 0.717) is 25.7 Å². The highest BCUT2D eigenvalue weighted by atomic mass is 31.2. The Hall–Kier alpha value is -3.15. The van der Waals surface area contributed by atoms with Crippen LogP contribution in [0.2, 0.25) is 0 Å². The van der Waals surface area contributed by atoms with Crippen molar-refractivity contribution in [2.75, 3.05) is 26.4 Å². The predicted octanol–water partition coefficient (Wildman–Crippen LogP) is 9.77.